The Morgan fingerprint density at radius 1 is 1.43 bits per heavy atom. The van der Waals surface area contributed by atoms with Gasteiger partial charge in [-0.15, -0.1) is 0 Å². The SMILES string of the molecule is COc1cc(O)c2c(c1)[C@H](O)C1C[C@](C)(O)OCC1C2=O. The molecule has 0 saturated carbocycles. The molecule has 2 aliphatic rings. The zero-order chi connectivity index (χ0) is 15.4. The van der Waals surface area contributed by atoms with Crippen LogP contribution in [0.15, 0.2) is 12.1 Å². The number of methoxy groups -OCH3 is 1. The number of aliphatic hydroxyl groups excluding tert-OH is 1. The maximum absolute atomic E-state index is 12.6. The summed E-state index contributed by atoms with van der Waals surface area (Å²) in [6, 6.07) is 2.90. The summed E-state index contributed by atoms with van der Waals surface area (Å²) in [6.45, 7) is 1.54. The molecular formula is C15H18O6. The standard InChI is InChI=1S/C15H18O6/c1-15(19)5-9-10(6-21-15)14(18)12-8(13(9)17)3-7(20-2)4-11(12)16/h3-4,9-10,13,16-17,19H,5-6H2,1-2H3/t9?,10?,13-,15+/m0/s1. The number of phenols is 1. The van der Waals surface area contributed by atoms with Gasteiger partial charge < -0.3 is 24.8 Å². The molecule has 0 radical (unpaired) electrons. The second-order valence-electron chi connectivity index (χ2n) is 5.88. The van der Waals surface area contributed by atoms with Gasteiger partial charge in [-0.3, -0.25) is 4.79 Å². The average Bonchev–Trinajstić information content (AvgIpc) is 2.42. The Bertz CT molecular complexity index is 594. The van der Waals surface area contributed by atoms with Gasteiger partial charge >= 0.3 is 0 Å². The van der Waals surface area contributed by atoms with Crippen LogP contribution < -0.4 is 4.74 Å². The number of Topliss-reactive ketones (excluding diaryl/α,β-unsaturated/α-hetero) is 1. The summed E-state index contributed by atoms with van der Waals surface area (Å²) >= 11 is 0. The number of carbonyl (C=O) groups is 1. The van der Waals surface area contributed by atoms with Crippen molar-refractivity contribution in [1.29, 1.82) is 0 Å². The van der Waals surface area contributed by atoms with Crippen LogP contribution in [0.5, 0.6) is 11.5 Å². The molecule has 3 rings (SSSR count). The molecule has 1 aromatic rings. The van der Waals surface area contributed by atoms with E-state index in [2.05, 4.69) is 0 Å². The maximum atomic E-state index is 12.6. The first-order chi connectivity index (χ1) is 9.84. The number of aromatic hydroxyl groups is 1. The fraction of sp³-hybridized carbons (Fsp3) is 0.533. The monoisotopic (exact) mass is 294 g/mol. The first-order valence-electron chi connectivity index (χ1n) is 6.83. The Balaban J connectivity index is 2.10. The van der Waals surface area contributed by atoms with Crippen molar-refractivity contribution in [2.75, 3.05) is 13.7 Å². The normalized spacial score (nSPS) is 35.0. The molecule has 1 fully saturated rings. The highest BCUT2D eigenvalue weighted by molar-refractivity contribution is 6.03. The number of benzene rings is 1. The van der Waals surface area contributed by atoms with Crippen LogP contribution in [0.2, 0.25) is 0 Å². The molecule has 0 bridgehead atoms. The van der Waals surface area contributed by atoms with Crippen molar-refractivity contribution in [1.82, 2.24) is 0 Å². The lowest BCUT2D eigenvalue weighted by Crippen LogP contribution is -2.48. The van der Waals surface area contributed by atoms with Gasteiger partial charge in [0.15, 0.2) is 11.6 Å². The highest BCUT2D eigenvalue weighted by Crippen LogP contribution is 2.48. The molecule has 2 unspecified atom stereocenters. The molecule has 1 saturated heterocycles. The molecule has 1 aliphatic heterocycles. The number of ketones is 1. The van der Waals surface area contributed by atoms with Gasteiger partial charge in [-0.05, 0) is 18.6 Å². The van der Waals surface area contributed by atoms with E-state index in [4.69, 9.17) is 9.47 Å². The summed E-state index contributed by atoms with van der Waals surface area (Å²) < 4.78 is 10.3. The van der Waals surface area contributed by atoms with Gasteiger partial charge in [0.25, 0.3) is 0 Å². The van der Waals surface area contributed by atoms with E-state index >= 15 is 0 Å². The van der Waals surface area contributed by atoms with Crippen LogP contribution in [0.1, 0.15) is 35.4 Å². The molecule has 1 aromatic carbocycles. The molecule has 6 heteroatoms. The third-order valence-corrected chi connectivity index (χ3v) is 4.37. The summed E-state index contributed by atoms with van der Waals surface area (Å²) in [6.07, 6.45) is -0.804. The summed E-state index contributed by atoms with van der Waals surface area (Å²) in [5.74, 6) is -2.47. The largest absolute Gasteiger partial charge is 0.507 e. The van der Waals surface area contributed by atoms with E-state index in [0.717, 1.165) is 0 Å². The van der Waals surface area contributed by atoms with E-state index in [1.807, 2.05) is 0 Å². The first kappa shape index (κ1) is 14.3. The van der Waals surface area contributed by atoms with Crippen LogP contribution in [0.3, 0.4) is 0 Å². The van der Waals surface area contributed by atoms with E-state index in [9.17, 15) is 20.1 Å². The Morgan fingerprint density at radius 2 is 2.14 bits per heavy atom. The predicted molar refractivity (Wildman–Crippen MR) is 72.1 cm³/mol. The average molecular weight is 294 g/mol. The number of carbonyl (C=O) groups excluding carboxylic acids is 1. The third-order valence-electron chi connectivity index (χ3n) is 4.37. The molecule has 0 spiro atoms. The molecular weight excluding hydrogens is 276 g/mol. The quantitative estimate of drug-likeness (QED) is 0.715. The van der Waals surface area contributed by atoms with Gasteiger partial charge in [0, 0.05) is 18.4 Å². The van der Waals surface area contributed by atoms with Crippen LogP contribution in [-0.2, 0) is 4.74 Å². The van der Waals surface area contributed by atoms with Crippen molar-refractivity contribution in [3.63, 3.8) is 0 Å². The lowest BCUT2D eigenvalue weighted by Gasteiger charge is -2.44. The van der Waals surface area contributed by atoms with Crippen molar-refractivity contribution in [2.45, 2.75) is 25.2 Å². The van der Waals surface area contributed by atoms with Gasteiger partial charge in [0.2, 0.25) is 0 Å². The van der Waals surface area contributed by atoms with E-state index in [-0.39, 0.29) is 30.1 Å². The van der Waals surface area contributed by atoms with E-state index in [0.29, 0.717) is 11.3 Å². The molecule has 0 aromatic heterocycles. The Labute approximate surface area is 121 Å². The summed E-state index contributed by atoms with van der Waals surface area (Å²) in [4.78, 5) is 12.6. The molecule has 1 aliphatic carbocycles. The van der Waals surface area contributed by atoms with Gasteiger partial charge in [0.05, 0.1) is 31.3 Å². The van der Waals surface area contributed by atoms with Crippen LogP contribution in [-0.4, -0.2) is 40.6 Å². The van der Waals surface area contributed by atoms with Crippen molar-refractivity contribution in [3.8, 4) is 11.5 Å². The Morgan fingerprint density at radius 3 is 2.81 bits per heavy atom. The first-order valence-corrected chi connectivity index (χ1v) is 6.83. The van der Waals surface area contributed by atoms with Gasteiger partial charge in [0.1, 0.15) is 11.5 Å². The van der Waals surface area contributed by atoms with E-state index in [1.165, 1.54) is 20.1 Å². The van der Waals surface area contributed by atoms with E-state index in [1.54, 1.807) is 6.07 Å². The highest BCUT2D eigenvalue weighted by atomic mass is 16.6. The zero-order valence-corrected chi connectivity index (χ0v) is 11.9. The van der Waals surface area contributed by atoms with Crippen LogP contribution in [0.25, 0.3) is 0 Å². The second kappa shape index (κ2) is 4.69. The fourth-order valence-corrected chi connectivity index (χ4v) is 3.29. The minimum Gasteiger partial charge on any atom is -0.507 e. The lowest BCUT2D eigenvalue weighted by atomic mass is 9.69. The zero-order valence-electron chi connectivity index (χ0n) is 11.9. The van der Waals surface area contributed by atoms with Gasteiger partial charge in [-0.25, -0.2) is 0 Å². The number of fused-ring (bicyclic) bond motifs is 2. The number of ether oxygens (including phenoxy) is 2. The number of rotatable bonds is 1. The number of aliphatic hydroxyl groups is 2. The van der Waals surface area contributed by atoms with Crippen LogP contribution in [0.4, 0.5) is 0 Å². The van der Waals surface area contributed by atoms with Gasteiger partial charge in [-0.1, -0.05) is 0 Å². The predicted octanol–water partition coefficient (Wildman–Crippen LogP) is 0.992. The molecule has 0 amide bonds. The van der Waals surface area contributed by atoms with Crippen LogP contribution >= 0.6 is 0 Å². The highest BCUT2D eigenvalue weighted by Gasteiger charge is 2.49. The fourth-order valence-electron chi connectivity index (χ4n) is 3.29. The van der Waals surface area contributed by atoms with Crippen molar-refractivity contribution in [3.05, 3.63) is 23.3 Å². The minimum absolute atomic E-state index is 0.0263. The summed E-state index contributed by atoms with van der Waals surface area (Å²) in [5.41, 5.74) is 0.463. The van der Waals surface area contributed by atoms with Crippen LogP contribution in [0, 0.1) is 11.8 Å². The maximum Gasteiger partial charge on any atom is 0.172 e. The molecule has 1 heterocycles. The van der Waals surface area contributed by atoms with Crippen molar-refractivity contribution in [2.24, 2.45) is 11.8 Å². The topological polar surface area (TPSA) is 96.2 Å². The molecule has 114 valence electrons. The minimum atomic E-state index is -1.36. The molecule has 4 atom stereocenters. The van der Waals surface area contributed by atoms with Crippen molar-refractivity contribution < 1.29 is 29.6 Å². The summed E-state index contributed by atoms with van der Waals surface area (Å²) in [7, 11) is 1.44. The summed E-state index contributed by atoms with van der Waals surface area (Å²) in [5, 5.41) is 30.6. The Hall–Kier alpha value is -1.63. The van der Waals surface area contributed by atoms with E-state index < -0.39 is 23.7 Å². The molecule has 21 heavy (non-hydrogen) atoms. The van der Waals surface area contributed by atoms with Crippen molar-refractivity contribution >= 4 is 5.78 Å². The Kier molecular flexibility index (Phi) is 3.20. The molecule has 6 nitrogen and oxygen atoms in total. The third kappa shape index (κ3) is 2.19. The van der Waals surface area contributed by atoms with Gasteiger partial charge in [-0.2, -0.15) is 0 Å². The smallest absolute Gasteiger partial charge is 0.172 e. The second-order valence-corrected chi connectivity index (χ2v) is 5.88. The number of hydrogen-bond acceptors (Lipinski definition) is 6. The lowest BCUT2D eigenvalue weighted by molar-refractivity contribution is -0.242. The number of phenolic OH excluding ortho intramolecular Hbond substituents is 1. The number of hydrogen-bond donors (Lipinski definition) is 3. The molecule has 3 N–H and O–H groups in total.